The Kier molecular flexibility index (Phi) is 7.75. The van der Waals surface area contributed by atoms with Gasteiger partial charge in [0, 0.05) is 12.3 Å². The van der Waals surface area contributed by atoms with Gasteiger partial charge in [-0.1, -0.05) is 39.8 Å². The number of hydrogen-bond donors (Lipinski definition) is 1. The molecule has 0 spiro atoms. The monoisotopic (exact) mass is 422 g/mol. The first kappa shape index (κ1) is 24.0. The molecule has 7 heteroatoms. The first-order chi connectivity index (χ1) is 13.9. The van der Waals surface area contributed by atoms with Crippen LogP contribution < -0.4 is 0 Å². The Morgan fingerprint density at radius 3 is 2.23 bits per heavy atom. The third-order valence-corrected chi connectivity index (χ3v) is 5.13. The van der Waals surface area contributed by atoms with Gasteiger partial charge in [-0.15, -0.1) is 0 Å². The highest BCUT2D eigenvalue weighted by Gasteiger charge is 2.57. The van der Waals surface area contributed by atoms with E-state index in [1.165, 1.54) is 31.2 Å². The van der Waals surface area contributed by atoms with Crippen molar-refractivity contribution in [2.45, 2.75) is 52.6 Å². The van der Waals surface area contributed by atoms with Gasteiger partial charge in [-0.05, 0) is 36.5 Å². The average molecular weight is 422 g/mol. The molecule has 4 atom stereocenters. The normalized spacial score (nSPS) is 26.7. The Bertz CT molecular complexity index is 786. The molecule has 1 aromatic rings. The summed E-state index contributed by atoms with van der Waals surface area (Å²) in [5.41, 5.74) is -1.49. The second-order valence-corrected chi connectivity index (χ2v) is 9.08. The molecule has 1 saturated carbocycles. The van der Waals surface area contributed by atoms with Crippen molar-refractivity contribution in [1.82, 2.24) is 0 Å². The number of esters is 2. The average Bonchev–Trinajstić information content (AvgIpc) is 2.62. The predicted octanol–water partition coefficient (Wildman–Crippen LogP) is 3.26. The Morgan fingerprint density at radius 1 is 1.13 bits per heavy atom. The molecule has 0 bridgehead atoms. The van der Waals surface area contributed by atoms with E-state index in [4.69, 9.17) is 9.47 Å². The van der Waals surface area contributed by atoms with Gasteiger partial charge in [-0.2, -0.15) is 0 Å². The number of rotatable bonds is 7. The standard InChI is InChI=1S/C23H31FO6/c1-13(2)11-29-21(26)19-17(25)10-23(5,28)20(22(27)30-12-14(3)4)18(19)15-7-6-8-16(24)9-15/h6-9,13-14,18-20,28H,10-12H2,1-5H3/t18-,19+,20+,23-/m1/s1. The number of Topliss-reactive ketones (excluding diaryl/α,β-unsaturated/α-hetero) is 1. The molecule has 1 N–H and O–H groups in total. The molecule has 1 aliphatic carbocycles. The predicted molar refractivity (Wildman–Crippen MR) is 108 cm³/mol. The summed E-state index contributed by atoms with van der Waals surface area (Å²) in [5, 5.41) is 11.0. The van der Waals surface area contributed by atoms with Crippen LogP contribution in [0, 0.1) is 29.5 Å². The Morgan fingerprint density at radius 2 is 1.70 bits per heavy atom. The van der Waals surface area contributed by atoms with E-state index in [1.54, 1.807) is 0 Å². The van der Waals surface area contributed by atoms with Crippen LogP contribution >= 0.6 is 0 Å². The van der Waals surface area contributed by atoms with Gasteiger partial charge >= 0.3 is 11.9 Å². The van der Waals surface area contributed by atoms with Gasteiger partial charge < -0.3 is 14.6 Å². The largest absolute Gasteiger partial charge is 0.465 e. The summed E-state index contributed by atoms with van der Waals surface area (Å²) in [5.74, 6) is -6.17. The molecule has 166 valence electrons. The smallest absolute Gasteiger partial charge is 0.317 e. The summed E-state index contributed by atoms with van der Waals surface area (Å²) in [4.78, 5) is 38.7. The van der Waals surface area contributed by atoms with Crippen LogP contribution in [0.25, 0.3) is 0 Å². The van der Waals surface area contributed by atoms with Crippen molar-refractivity contribution in [3.63, 3.8) is 0 Å². The van der Waals surface area contributed by atoms with Crippen LogP contribution in [0.2, 0.25) is 0 Å². The highest BCUT2D eigenvalue weighted by atomic mass is 19.1. The third kappa shape index (κ3) is 5.65. The summed E-state index contributed by atoms with van der Waals surface area (Å²) in [6.45, 7) is 9.05. The second kappa shape index (κ2) is 9.69. The molecule has 1 fully saturated rings. The molecule has 0 saturated heterocycles. The van der Waals surface area contributed by atoms with Gasteiger partial charge in [0.05, 0.1) is 24.7 Å². The van der Waals surface area contributed by atoms with Crippen LogP contribution in [0.5, 0.6) is 0 Å². The van der Waals surface area contributed by atoms with E-state index in [2.05, 4.69) is 0 Å². The van der Waals surface area contributed by atoms with E-state index >= 15 is 0 Å². The van der Waals surface area contributed by atoms with Crippen molar-refractivity contribution < 1.29 is 33.4 Å². The number of halogens is 1. The van der Waals surface area contributed by atoms with E-state index in [1.807, 2.05) is 27.7 Å². The molecule has 1 aromatic carbocycles. The number of carbonyl (C=O) groups excluding carboxylic acids is 3. The molecule has 0 unspecified atom stereocenters. The van der Waals surface area contributed by atoms with E-state index in [0.717, 1.165) is 0 Å². The van der Waals surface area contributed by atoms with Gasteiger partial charge in [-0.3, -0.25) is 14.4 Å². The van der Waals surface area contributed by atoms with E-state index < -0.39 is 53.3 Å². The van der Waals surface area contributed by atoms with Crippen molar-refractivity contribution in [2.24, 2.45) is 23.7 Å². The zero-order chi connectivity index (χ0) is 22.6. The van der Waals surface area contributed by atoms with Crippen LogP contribution in [0.1, 0.15) is 52.5 Å². The SMILES string of the molecule is CC(C)COC(=O)[C@H]1C(=O)C[C@@](C)(O)[C@H](C(=O)OCC(C)C)[C@@H]1c1cccc(F)c1. The van der Waals surface area contributed by atoms with Crippen LogP contribution in [-0.2, 0) is 23.9 Å². The third-order valence-electron chi connectivity index (χ3n) is 5.13. The molecule has 0 aliphatic heterocycles. The lowest BCUT2D eigenvalue weighted by atomic mass is 9.61. The maximum atomic E-state index is 14.0. The Labute approximate surface area is 176 Å². The van der Waals surface area contributed by atoms with Crippen LogP contribution in [0.4, 0.5) is 4.39 Å². The van der Waals surface area contributed by atoms with E-state index in [9.17, 15) is 23.9 Å². The lowest BCUT2D eigenvalue weighted by Crippen LogP contribution is -2.55. The summed E-state index contributed by atoms with van der Waals surface area (Å²) in [7, 11) is 0. The molecule has 30 heavy (non-hydrogen) atoms. The Hall–Kier alpha value is -2.28. The molecule has 0 amide bonds. The van der Waals surface area contributed by atoms with Gasteiger partial charge in [0.15, 0.2) is 5.78 Å². The summed E-state index contributed by atoms with van der Waals surface area (Å²) >= 11 is 0. The Balaban J connectivity index is 2.53. The summed E-state index contributed by atoms with van der Waals surface area (Å²) in [6, 6.07) is 5.37. The maximum Gasteiger partial charge on any atom is 0.317 e. The minimum absolute atomic E-state index is 0.0511. The number of hydrogen-bond acceptors (Lipinski definition) is 6. The van der Waals surface area contributed by atoms with E-state index in [0.29, 0.717) is 0 Å². The number of carbonyl (C=O) groups is 3. The lowest BCUT2D eigenvalue weighted by molar-refractivity contribution is -0.174. The number of ketones is 1. The number of aliphatic hydroxyl groups is 1. The molecule has 0 heterocycles. The van der Waals surface area contributed by atoms with Crippen molar-refractivity contribution in [3.05, 3.63) is 35.6 Å². The fourth-order valence-electron chi connectivity index (χ4n) is 3.81. The van der Waals surface area contributed by atoms with Gasteiger partial charge in [-0.25, -0.2) is 4.39 Å². The molecule has 2 rings (SSSR count). The minimum Gasteiger partial charge on any atom is -0.465 e. The summed E-state index contributed by atoms with van der Waals surface area (Å²) < 4.78 is 24.7. The molecular formula is C23H31FO6. The first-order valence-electron chi connectivity index (χ1n) is 10.3. The minimum atomic E-state index is -1.75. The zero-order valence-electron chi connectivity index (χ0n) is 18.2. The molecule has 0 radical (unpaired) electrons. The number of ether oxygens (including phenoxy) is 2. The van der Waals surface area contributed by atoms with Gasteiger partial charge in [0.2, 0.25) is 0 Å². The maximum absolute atomic E-state index is 14.0. The fourth-order valence-corrected chi connectivity index (χ4v) is 3.81. The lowest BCUT2D eigenvalue weighted by Gasteiger charge is -2.43. The topological polar surface area (TPSA) is 89.9 Å². The van der Waals surface area contributed by atoms with Crippen LogP contribution in [0.3, 0.4) is 0 Å². The van der Waals surface area contributed by atoms with Crippen molar-refractivity contribution in [1.29, 1.82) is 0 Å². The quantitative estimate of drug-likeness (QED) is 0.536. The highest BCUT2D eigenvalue weighted by molar-refractivity contribution is 6.02. The van der Waals surface area contributed by atoms with Gasteiger partial charge in [0.25, 0.3) is 0 Å². The molecule has 0 aromatic heterocycles. The van der Waals surface area contributed by atoms with Crippen molar-refractivity contribution in [3.8, 4) is 0 Å². The van der Waals surface area contributed by atoms with Crippen molar-refractivity contribution in [2.75, 3.05) is 13.2 Å². The first-order valence-corrected chi connectivity index (χ1v) is 10.3. The molecule has 1 aliphatic rings. The fraction of sp³-hybridized carbons (Fsp3) is 0.609. The molecule has 6 nitrogen and oxygen atoms in total. The van der Waals surface area contributed by atoms with Gasteiger partial charge in [0.1, 0.15) is 11.7 Å². The summed E-state index contributed by atoms with van der Waals surface area (Å²) in [6.07, 6.45) is -0.401. The number of benzene rings is 1. The van der Waals surface area contributed by atoms with E-state index in [-0.39, 0.29) is 30.6 Å². The highest BCUT2D eigenvalue weighted by Crippen LogP contribution is 2.46. The second-order valence-electron chi connectivity index (χ2n) is 9.08. The van der Waals surface area contributed by atoms with Crippen LogP contribution in [-0.4, -0.2) is 41.6 Å². The molecular weight excluding hydrogens is 391 g/mol. The zero-order valence-corrected chi connectivity index (χ0v) is 18.2. The van der Waals surface area contributed by atoms with Crippen molar-refractivity contribution >= 4 is 17.7 Å². The van der Waals surface area contributed by atoms with Crippen LogP contribution in [0.15, 0.2) is 24.3 Å².